The van der Waals surface area contributed by atoms with Gasteiger partial charge in [0.2, 0.25) is 0 Å². The molecule has 6 nitrogen and oxygen atoms in total. The van der Waals surface area contributed by atoms with Crippen molar-refractivity contribution in [3.05, 3.63) is 82.2 Å². The summed E-state index contributed by atoms with van der Waals surface area (Å²) in [4.78, 5) is 24.4. The third-order valence-corrected chi connectivity index (χ3v) is 5.25. The molecule has 0 radical (unpaired) electrons. The highest BCUT2D eigenvalue weighted by atomic mass is 16.5. The summed E-state index contributed by atoms with van der Waals surface area (Å²) in [5, 5.41) is 7.59. The Bertz CT molecular complexity index is 1050. The molecule has 148 valence electrons. The number of carbonyl (C=O) groups is 2. The Balaban J connectivity index is 1.51. The Morgan fingerprint density at radius 2 is 1.79 bits per heavy atom. The van der Waals surface area contributed by atoms with Gasteiger partial charge in [0.15, 0.2) is 5.69 Å². The number of esters is 1. The topological polar surface area (TPSA) is 73.2 Å². The fourth-order valence-corrected chi connectivity index (χ4v) is 3.66. The van der Waals surface area contributed by atoms with Gasteiger partial charge in [0.05, 0.1) is 18.4 Å². The number of nitrogens with one attached hydrogen (secondary N) is 1. The molecular formula is C23H23N3O3. The molecule has 1 aromatic heterocycles. The number of rotatable bonds is 5. The summed E-state index contributed by atoms with van der Waals surface area (Å²) in [6.45, 7) is 2.42. The number of carbonyl (C=O) groups excluding carboxylic acids is 2. The molecule has 0 spiro atoms. The van der Waals surface area contributed by atoms with Gasteiger partial charge in [-0.05, 0) is 56.0 Å². The molecule has 0 saturated carbocycles. The molecule has 0 unspecified atom stereocenters. The SMILES string of the molecule is COC(=O)c1ccc(CNC(=O)c2nn(-c3ccc(C)cc3)c3c2CCC3)cc1. The third-order valence-electron chi connectivity index (χ3n) is 5.25. The summed E-state index contributed by atoms with van der Waals surface area (Å²) < 4.78 is 6.61. The number of ether oxygens (including phenoxy) is 1. The Labute approximate surface area is 169 Å². The second-order valence-corrected chi connectivity index (χ2v) is 7.25. The molecule has 2 aromatic carbocycles. The summed E-state index contributed by atoms with van der Waals surface area (Å²) >= 11 is 0. The lowest BCUT2D eigenvalue weighted by molar-refractivity contribution is 0.0600. The quantitative estimate of drug-likeness (QED) is 0.679. The van der Waals surface area contributed by atoms with E-state index in [4.69, 9.17) is 4.74 Å². The molecule has 1 aliphatic rings. The van der Waals surface area contributed by atoms with Crippen molar-refractivity contribution in [3.8, 4) is 5.69 Å². The smallest absolute Gasteiger partial charge is 0.337 e. The van der Waals surface area contributed by atoms with Crippen LogP contribution in [0.3, 0.4) is 0 Å². The fraction of sp³-hybridized carbons (Fsp3) is 0.261. The maximum atomic E-state index is 12.8. The van der Waals surface area contributed by atoms with Crippen LogP contribution in [0.5, 0.6) is 0 Å². The maximum Gasteiger partial charge on any atom is 0.337 e. The van der Waals surface area contributed by atoms with E-state index in [0.717, 1.165) is 41.8 Å². The Kier molecular flexibility index (Phi) is 5.16. The van der Waals surface area contributed by atoms with Crippen molar-refractivity contribution in [3.63, 3.8) is 0 Å². The first kappa shape index (κ1) is 18.9. The van der Waals surface area contributed by atoms with Crippen LogP contribution in [0.4, 0.5) is 0 Å². The van der Waals surface area contributed by atoms with Crippen molar-refractivity contribution in [2.75, 3.05) is 7.11 Å². The number of nitrogens with zero attached hydrogens (tertiary/aromatic N) is 2. The summed E-state index contributed by atoms with van der Waals surface area (Å²) in [6, 6.07) is 15.2. The standard InChI is InChI=1S/C23H23N3O3/c1-15-6-12-18(13-7-15)26-20-5-3-4-19(20)21(25-26)22(27)24-14-16-8-10-17(11-9-16)23(28)29-2/h6-13H,3-5,14H2,1-2H3,(H,24,27). The molecule has 0 bridgehead atoms. The van der Waals surface area contributed by atoms with Gasteiger partial charge in [0.1, 0.15) is 0 Å². The normalized spacial score (nSPS) is 12.5. The van der Waals surface area contributed by atoms with E-state index in [9.17, 15) is 9.59 Å². The van der Waals surface area contributed by atoms with Gasteiger partial charge in [0, 0.05) is 17.8 Å². The first-order valence-corrected chi connectivity index (χ1v) is 9.70. The van der Waals surface area contributed by atoms with Crippen LogP contribution in [0, 0.1) is 6.92 Å². The lowest BCUT2D eigenvalue weighted by Gasteiger charge is -2.06. The van der Waals surface area contributed by atoms with E-state index < -0.39 is 0 Å². The summed E-state index contributed by atoms with van der Waals surface area (Å²) in [5.74, 6) is -0.552. The van der Waals surface area contributed by atoms with Crippen LogP contribution in [0.2, 0.25) is 0 Å². The first-order chi connectivity index (χ1) is 14.1. The lowest BCUT2D eigenvalue weighted by atomic mass is 10.1. The largest absolute Gasteiger partial charge is 0.465 e. The Morgan fingerprint density at radius 1 is 1.07 bits per heavy atom. The van der Waals surface area contributed by atoms with E-state index in [-0.39, 0.29) is 11.9 Å². The molecule has 29 heavy (non-hydrogen) atoms. The van der Waals surface area contributed by atoms with Gasteiger partial charge < -0.3 is 10.1 Å². The summed E-state index contributed by atoms with van der Waals surface area (Å²) in [6.07, 6.45) is 2.84. The Hall–Kier alpha value is -3.41. The van der Waals surface area contributed by atoms with Crippen LogP contribution < -0.4 is 5.32 Å². The van der Waals surface area contributed by atoms with E-state index in [0.29, 0.717) is 17.8 Å². The number of aryl methyl sites for hydroxylation is 1. The summed E-state index contributed by atoms with van der Waals surface area (Å²) in [5.41, 5.74) is 6.23. The average molecular weight is 389 g/mol. The van der Waals surface area contributed by atoms with Crippen molar-refractivity contribution in [1.29, 1.82) is 0 Å². The maximum absolute atomic E-state index is 12.8. The molecule has 1 aliphatic carbocycles. The highest BCUT2D eigenvalue weighted by molar-refractivity contribution is 5.94. The van der Waals surface area contributed by atoms with Gasteiger partial charge in [-0.15, -0.1) is 0 Å². The molecule has 3 aromatic rings. The number of hydrogen-bond acceptors (Lipinski definition) is 4. The minimum absolute atomic E-state index is 0.175. The zero-order valence-electron chi connectivity index (χ0n) is 16.6. The van der Waals surface area contributed by atoms with Crippen molar-refractivity contribution < 1.29 is 14.3 Å². The fourth-order valence-electron chi connectivity index (χ4n) is 3.66. The molecule has 1 N–H and O–H groups in total. The molecule has 0 fully saturated rings. The van der Waals surface area contributed by atoms with Gasteiger partial charge in [0.25, 0.3) is 5.91 Å². The van der Waals surface area contributed by atoms with Crippen LogP contribution in [-0.4, -0.2) is 28.8 Å². The molecule has 0 saturated heterocycles. The second-order valence-electron chi connectivity index (χ2n) is 7.25. The Morgan fingerprint density at radius 3 is 2.48 bits per heavy atom. The molecule has 0 atom stereocenters. The highest BCUT2D eigenvalue weighted by Gasteiger charge is 2.26. The number of hydrogen-bond donors (Lipinski definition) is 1. The van der Waals surface area contributed by atoms with Crippen molar-refractivity contribution in [2.45, 2.75) is 32.7 Å². The number of methoxy groups -OCH3 is 1. The minimum Gasteiger partial charge on any atom is -0.465 e. The number of fused-ring (bicyclic) bond motifs is 1. The monoisotopic (exact) mass is 389 g/mol. The van der Waals surface area contributed by atoms with E-state index in [1.165, 1.54) is 12.7 Å². The van der Waals surface area contributed by atoms with Crippen molar-refractivity contribution >= 4 is 11.9 Å². The number of benzene rings is 2. The van der Waals surface area contributed by atoms with Crippen LogP contribution in [0.25, 0.3) is 5.69 Å². The molecule has 6 heteroatoms. The zero-order chi connectivity index (χ0) is 20.4. The van der Waals surface area contributed by atoms with Crippen molar-refractivity contribution in [2.24, 2.45) is 0 Å². The predicted octanol–water partition coefficient (Wildman–Crippen LogP) is 3.39. The van der Waals surface area contributed by atoms with E-state index >= 15 is 0 Å². The predicted molar refractivity (Wildman–Crippen MR) is 109 cm³/mol. The van der Waals surface area contributed by atoms with Crippen LogP contribution in [-0.2, 0) is 24.1 Å². The van der Waals surface area contributed by atoms with Gasteiger partial charge in [-0.1, -0.05) is 29.8 Å². The number of aromatic nitrogens is 2. The number of amides is 1. The molecule has 0 aliphatic heterocycles. The van der Waals surface area contributed by atoms with Crippen LogP contribution >= 0.6 is 0 Å². The molecule has 4 rings (SSSR count). The van der Waals surface area contributed by atoms with Gasteiger partial charge in [-0.25, -0.2) is 9.48 Å². The lowest BCUT2D eigenvalue weighted by Crippen LogP contribution is -2.24. The van der Waals surface area contributed by atoms with Crippen molar-refractivity contribution in [1.82, 2.24) is 15.1 Å². The van der Waals surface area contributed by atoms with Crippen LogP contribution in [0.15, 0.2) is 48.5 Å². The molecule has 1 heterocycles. The van der Waals surface area contributed by atoms with E-state index in [1.807, 2.05) is 35.9 Å². The summed E-state index contributed by atoms with van der Waals surface area (Å²) in [7, 11) is 1.35. The minimum atomic E-state index is -0.377. The average Bonchev–Trinajstić information content (AvgIpc) is 3.35. The molecule has 1 amide bonds. The van der Waals surface area contributed by atoms with Gasteiger partial charge in [-0.2, -0.15) is 5.10 Å². The molecular weight excluding hydrogens is 366 g/mol. The van der Waals surface area contributed by atoms with E-state index in [1.54, 1.807) is 12.1 Å². The van der Waals surface area contributed by atoms with Gasteiger partial charge >= 0.3 is 5.97 Å². The third kappa shape index (κ3) is 3.78. The zero-order valence-corrected chi connectivity index (χ0v) is 16.6. The highest BCUT2D eigenvalue weighted by Crippen LogP contribution is 2.28. The van der Waals surface area contributed by atoms with Crippen LogP contribution in [0.1, 0.15) is 49.7 Å². The first-order valence-electron chi connectivity index (χ1n) is 9.70. The van der Waals surface area contributed by atoms with E-state index in [2.05, 4.69) is 22.5 Å². The second kappa shape index (κ2) is 7.91. The van der Waals surface area contributed by atoms with Gasteiger partial charge in [-0.3, -0.25) is 4.79 Å².